The fourth-order valence-corrected chi connectivity index (χ4v) is 3.60. The van der Waals surface area contributed by atoms with E-state index in [1.165, 1.54) is 0 Å². The van der Waals surface area contributed by atoms with Gasteiger partial charge in [-0.3, -0.25) is 20.4 Å². The van der Waals surface area contributed by atoms with Gasteiger partial charge in [0.05, 0.1) is 0 Å². The van der Waals surface area contributed by atoms with Crippen LogP contribution in [-0.4, -0.2) is 23.9 Å². The molecule has 0 spiro atoms. The van der Waals surface area contributed by atoms with Gasteiger partial charge in [-0.05, 0) is 47.5 Å². The van der Waals surface area contributed by atoms with Gasteiger partial charge in [-0.25, -0.2) is 10.9 Å². The van der Waals surface area contributed by atoms with Gasteiger partial charge in [0.1, 0.15) is 0 Å². The molecule has 0 aliphatic carbocycles. The highest BCUT2D eigenvalue weighted by Crippen LogP contribution is 2.19. The molecule has 0 aromatic heterocycles. The van der Waals surface area contributed by atoms with Crippen molar-refractivity contribution in [2.24, 2.45) is 0 Å². The second-order valence-electron chi connectivity index (χ2n) is 8.32. The highest BCUT2D eigenvalue weighted by atomic mass is 16.2. The smallest absolute Gasteiger partial charge is 0.266 e. The van der Waals surface area contributed by atoms with Gasteiger partial charge in [-0.15, -0.1) is 0 Å². The summed E-state index contributed by atoms with van der Waals surface area (Å²) in [5.41, 5.74) is 12.2. The lowest BCUT2D eigenvalue weighted by molar-refractivity contribution is 0.0892. The minimum atomic E-state index is -0.522. The number of amides is 2. The Morgan fingerprint density at radius 1 is 0.656 bits per heavy atom. The van der Waals surface area contributed by atoms with Crippen molar-refractivity contribution in [2.45, 2.75) is 19.4 Å². The van der Waals surface area contributed by atoms with Crippen LogP contribution in [0.25, 0.3) is 21.5 Å². The van der Waals surface area contributed by atoms with Crippen LogP contribution >= 0.6 is 0 Å². The normalized spacial score (nSPS) is 11.4. The number of hydrazine groups is 2. The Balaban J connectivity index is 1.33. The maximum absolute atomic E-state index is 12.7. The number of fused-ring (bicyclic) bond motifs is 2. The minimum absolute atomic E-state index is 0.211. The van der Waals surface area contributed by atoms with Crippen LogP contribution in [0.3, 0.4) is 0 Å². The molecule has 0 unspecified atom stereocenters. The molecule has 0 bridgehead atoms. The number of nitrogens with one attached hydrogen (secondary N) is 4. The Morgan fingerprint density at radius 2 is 1.12 bits per heavy atom. The number of hydrogen-bond acceptors (Lipinski definition) is 4. The summed E-state index contributed by atoms with van der Waals surface area (Å²) in [4.78, 5) is 25.4. The monoisotopic (exact) mass is 426 g/mol. The Labute approximate surface area is 187 Å². The average Bonchev–Trinajstić information content (AvgIpc) is 2.81. The Bertz CT molecular complexity index is 1270. The molecule has 162 valence electrons. The zero-order valence-corrected chi connectivity index (χ0v) is 18.1. The first-order valence-electron chi connectivity index (χ1n) is 10.5. The first-order chi connectivity index (χ1) is 15.4. The van der Waals surface area contributed by atoms with E-state index in [0.29, 0.717) is 17.7 Å². The molecule has 4 aromatic rings. The number of hydrogen-bond donors (Lipinski definition) is 4. The predicted octanol–water partition coefficient (Wildman–Crippen LogP) is 3.94. The minimum Gasteiger partial charge on any atom is -0.287 e. The largest absolute Gasteiger partial charge is 0.287 e. The zero-order chi connectivity index (χ0) is 22.6. The third kappa shape index (κ3) is 4.77. The van der Waals surface area contributed by atoms with Crippen molar-refractivity contribution < 1.29 is 9.59 Å². The van der Waals surface area contributed by atoms with E-state index in [9.17, 15) is 9.59 Å². The van der Waals surface area contributed by atoms with Crippen LogP contribution in [-0.2, 0) is 0 Å². The maximum atomic E-state index is 12.7. The lowest BCUT2D eigenvalue weighted by atomic mass is 10.0. The number of carbonyl (C=O) groups is 2. The third-order valence-corrected chi connectivity index (χ3v) is 5.32. The molecular formula is C26H26N4O2. The van der Waals surface area contributed by atoms with E-state index >= 15 is 0 Å². The van der Waals surface area contributed by atoms with Gasteiger partial charge in [0, 0.05) is 23.2 Å². The SMILES string of the molecule is CC(C)(CNNC(=O)c1cccc2ccccc12)NNC(=O)c1cccc2ccccc12. The second kappa shape index (κ2) is 9.18. The van der Waals surface area contributed by atoms with Gasteiger partial charge >= 0.3 is 0 Å². The zero-order valence-electron chi connectivity index (χ0n) is 18.1. The Hall–Kier alpha value is -3.74. The molecule has 0 saturated carbocycles. The van der Waals surface area contributed by atoms with E-state index in [1.807, 2.05) is 86.6 Å². The maximum Gasteiger partial charge on any atom is 0.266 e. The van der Waals surface area contributed by atoms with Crippen LogP contribution in [0.5, 0.6) is 0 Å². The van der Waals surface area contributed by atoms with Crippen LogP contribution in [0.1, 0.15) is 34.6 Å². The predicted molar refractivity (Wildman–Crippen MR) is 128 cm³/mol. The topological polar surface area (TPSA) is 82.3 Å². The quantitative estimate of drug-likeness (QED) is 0.338. The Morgan fingerprint density at radius 3 is 1.69 bits per heavy atom. The number of carbonyl (C=O) groups excluding carboxylic acids is 2. The first-order valence-corrected chi connectivity index (χ1v) is 10.5. The molecule has 0 heterocycles. The summed E-state index contributed by atoms with van der Waals surface area (Å²) in [7, 11) is 0. The molecule has 6 heteroatoms. The molecule has 4 rings (SSSR count). The van der Waals surface area contributed by atoms with E-state index in [0.717, 1.165) is 21.5 Å². The van der Waals surface area contributed by atoms with Crippen LogP contribution in [0.4, 0.5) is 0 Å². The van der Waals surface area contributed by atoms with Gasteiger partial charge in [-0.1, -0.05) is 72.8 Å². The standard InChI is InChI=1S/C26H26N4O2/c1-26(2,30-29-25(32)23-16-8-12-19-10-4-6-14-21(19)23)17-27-28-24(31)22-15-7-11-18-9-3-5-13-20(18)22/h3-16,27,30H,17H2,1-2H3,(H,28,31)(H,29,32). The average molecular weight is 427 g/mol. The van der Waals surface area contributed by atoms with Gasteiger partial charge < -0.3 is 0 Å². The summed E-state index contributed by atoms with van der Waals surface area (Å²) < 4.78 is 0. The van der Waals surface area contributed by atoms with Crippen LogP contribution in [0, 0.1) is 0 Å². The molecule has 0 saturated heterocycles. The highest BCUT2D eigenvalue weighted by molar-refractivity contribution is 6.07. The second-order valence-corrected chi connectivity index (χ2v) is 8.32. The highest BCUT2D eigenvalue weighted by Gasteiger charge is 2.20. The fourth-order valence-electron chi connectivity index (χ4n) is 3.60. The molecule has 0 aliphatic rings. The Kier molecular flexibility index (Phi) is 6.16. The molecule has 6 nitrogen and oxygen atoms in total. The molecule has 4 aromatic carbocycles. The van der Waals surface area contributed by atoms with Crippen molar-refractivity contribution in [3.05, 3.63) is 96.1 Å². The number of benzene rings is 4. The van der Waals surface area contributed by atoms with E-state index < -0.39 is 5.54 Å². The third-order valence-electron chi connectivity index (χ3n) is 5.32. The summed E-state index contributed by atoms with van der Waals surface area (Å²) in [6, 6.07) is 26.8. The van der Waals surface area contributed by atoms with E-state index in [1.54, 1.807) is 12.1 Å². The van der Waals surface area contributed by atoms with Gasteiger partial charge in [0.25, 0.3) is 11.8 Å². The molecule has 4 N–H and O–H groups in total. The summed E-state index contributed by atoms with van der Waals surface area (Å²) in [5, 5.41) is 3.82. The fraction of sp³-hybridized carbons (Fsp3) is 0.154. The van der Waals surface area contributed by atoms with E-state index in [4.69, 9.17) is 0 Å². The van der Waals surface area contributed by atoms with Crippen molar-refractivity contribution in [1.29, 1.82) is 0 Å². The van der Waals surface area contributed by atoms with Gasteiger partial charge in [0.2, 0.25) is 0 Å². The van der Waals surface area contributed by atoms with Crippen molar-refractivity contribution in [2.75, 3.05) is 6.54 Å². The van der Waals surface area contributed by atoms with Crippen molar-refractivity contribution >= 4 is 33.4 Å². The summed E-state index contributed by atoms with van der Waals surface area (Å²) >= 11 is 0. The van der Waals surface area contributed by atoms with Gasteiger partial charge in [-0.2, -0.15) is 0 Å². The first kappa shape index (κ1) is 21.5. The van der Waals surface area contributed by atoms with Crippen LogP contribution in [0.2, 0.25) is 0 Å². The molecule has 32 heavy (non-hydrogen) atoms. The molecule has 0 atom stereocenters. The molecule has 0 fully saturated rings. The molecule has 0 aliphatic heterocycles. The van der Waals surface area contributed by atoms with E-state index in [2.05, 4.69) is 21.7 Å². The lowest BCUT2D eigenvalue weighted by Gasteiger charge is -2.27. The van der Waals surface area contributed by atoms with Crippen molar-refractivity contribution in [3.63, 3.8) is 0 Å². The van der Waals surface area contributed by atoms with Crippen molar-refractivity contribution in [1.82, 2.24) is 21.7 Å². The van der Waals surface area contributed by atoms with Crippen molar-refractivity contribution in [3.8, 4) is 0 Å². The summed E-state index contributed by atoms with van der Waals surface area (Å²) in [6.45, 7) is 4.24. The molecule has 2 amide bonds. The van der Waals surface area contributed by atoms with Crippen LogP contribution in [0.15, 0.2) is 84.9 Å². The molecule has 0 radical (unpaired) electrons. The summed E-state index contributed by atoms with van der Waals surface area (Å²) in [5.74, 6) is -0.424. The van der Waals surface area contributed by atoms with Gasteiger partial charge in [0.15, 0.2) is 0 Å². The summed E-state index contributed by atoms with van der Waals surface area (Å²) in [6.07, 6.45) is 0. The van der Waals surface area contributed by atoms with E-state index in [-0.39, 0.29) is 11.8 Å². The number of rotatable bonds is 7. The molecular weight excluding hydrogens is 400 g/mol. The van der Waals surface area contributed by atoms with Crippen LogP contribution < -0.4 is 21.7 Å². The lowest BCUT2D eigenvalue weighted by Crippen LogP contribution is -2.57.